The third-order valence-corrected chi connectivity index (χ3v) is 3.67. The van der Waals surface area contributed by atoms with Crippen molar-refractivity contribution < 1.29 is 4.79 Å². The largest absolute Gasteiger partial charge is 0.333 e. The van der Waals surface area contributed by atoms with Crippen LogP contribution in [-0.2, 0) is 4.79 Å². The van der Waals surface area contributed by atoms with Gasteiger partial charge in [-0.25, -0.2) is 0 Å². The normalized spacial score (nSPS) is 29.6. The summed E-state index contributed by atoms with van der Waals surface area (Å²) in [6.45, 7) is 0. The van der Waals surface area contributed by atoms with E-state index >= 15 is 0 Å². The lowest BCUT2D eigenvalue weighted by Crippen LogP contribution is -2.29. The molecule has 2 aliphatic heterocycles. The van der Waals surface area contributed by atoms with Gasteiger partial charge in [-0.15, -0.1) is 0 Å². The number of amides is 1. The van der Waals surface area contributed by atoms with Crippen LogP contribution in [0.15, 0.2) is 30.3 Å². The smallest absolute Gasteiger partial charge is 0.223 e. The van der Waals surface area contributed by atoms with E-state index in [4.69, 9.17) is 0 Å². The molecule has 0 N–H and O–H groups in total. The van der Waals surface area contributed by atoms with Gasteiger partial charge in [-0.05, 0) is 24.8 Å². The van der Waals surface area contributed by atoms with E-state index in [0.717, 1.165) is 19.3 Å². The monoisotopic (exact) mass is 201 g/mol. The van der Waals surface area contributed by atoms with Gasteiger partial charge in [-0.2, -0.15) is 0 Å². The molecule has 15 heavy (non-hydrogen) atoms. The summed E-state index contributed by atoms with van der Waals surface area (Å²) in [5.41, 5.74) is 1.30. The van der Waals surface area contributed by atoms with Crippen LogP contribution < -0.4 is 0 Å². The molecule has 1 aromatic rings. The van der Waals surface area contributed by atoms with Gasteiger partial charge < -0.3 is 4.90 Å². The van der Waals surface area contributed by atoms with Crippen LogP contribution in [0, 0.1) is 0 Å². The second kappa shape index (κ2) is 3.37. The SMILES string of the molecule is O=C1CC[C@H]2CC[C@H](c3ccccc3)N12. The lowest BCUT2D eigenvalue weighted by atomic mass is 10.0. The second-order valence-corrected chi connectivity index (χ2v) is 4.50. The van der Waals surface area contributed by atoms with E-state index in [2.05, 4.69) is 29.2 Å². The fourth-order valence-corrected chi connectivity index (χ4v) is 2.97. The molecule has 1 amide bonds. The average molecular weight is 201 g/mol. The molecule has 2 saturated heterocycles. The Bertz CT molecular complexity index is 373. The Morgan fingerprint density at radius 3 is 2.67 bits per heavy atom. The van der Waals surface area contributed by atoms with Gasteiger partial charge in [0.25, 0.3) is 0 Å². The molecule has 2 nitrogen and oxygen atoms in total. The molecule has 2 heteroatoms. The number of nitrogens with zero attached hydrogens (tertiary/aromatic N) is 1. The number of rotatable bonds is 1. The molecule has 2 heterocycles. The number of benzene rings is 1. The average Bonchev–Trinajstić information content (AvgIpc) is 2.84. The van der Waals surface area contributed by atoms with E-state index < -0.39 is 0 Å². The number of carbonyl (C=O) groups excluding carboxylic acids is 1. The summed E-state index contributed by atoms with van der Waals surface area (Å²) in [6, 6.07) is 11.3. The summed E-state index contributed by atoms with van der Waals surface area (Å²) >= 11 is 0. The molecule has 3 rings (SSSR count). The van der Waals surface area contributed by atoms with Gasteiger partial charge in [-0.1, -0.05) is 30.3 Å². The van der Waals surface area contributed by atoms with Crippen LogP contribution >= 0.6 is 0 Å². The quantitative estimate of drug-likeness (QED) is 0.683. The number of carbonyl (C=O) groups is 1. The van der Waals surface area contributed by atoms with Crippen LogP contribution in [0.5, 0.6) is 0 Å². The third-order valence-electron chi connectivity index (χ3n) is 3.67. The predicted molar refractivity (Wildman–Crippen MR) is 58.3 cm³/mol. The molecule has 0 aromatic heterocycles. The van der Waals surface area contributed by atoms with Gasteiger partial charge in [0.15, 0.2) is 0 Å². The van der Waals surface area contributed by atoms with Crippen LogP contribution in [0.3, 0.4) is 0 Å². The van der Waals surface area contributed by atoms with E-state index in [9.17, 15) is 4.79 Å². The minimum absolute atomic E-state index is 0.353. The van der Waals surface area contributed by atoms with E-state index in [1.54, 1.807) is 0 Å². The highest BCUT2D eigenvalue weighted by molar-refractivity contribution is 5.79. The Morgan fingerprint density at radius 1 is 1.07 bits per heavy atom. The van der Waals surface area contributed by atoms with Crippen LogP contribution in [0.2, 0.25) is 0 Å². The van der Waals surface area contributed by atoms with Crippen molar-refractivity contribution in [3.63, 3.8) is 0 Å². The lowest BCUT2D eigenvalue weighted by Gasteiger charge is -2.24. The Labute approximate surface area is 89.9 Å². The van der Waals surface area contributed by atoms with E-state index in [0.29, 0.717) is 18.0 Å². The highest BCUT2D eigenvalue weighted by atomic mass is 16.2. The zero-order chi connectivity index (χ0) is 10.3. The Balaban J connectivity index is 1.92. The van der Waals surface area contributed by atoms with E-state index in [-0.39, 0.29) is 0 Å². The van der Waals surface area contributed by atoms with Crippen molar-refractivity contribution >= 4 is 5.91 Å². The molecule has 0 aliphatic carbocycles. The fourth-order valence-electron chi connectivity index (χ4n) is 2.97. The molecule has 0 spiro atoms. The molecular formula is C13H15NO. The molecule has 0 saturated carbocycles. The summed E-state index contributed by atoms with van der Waals surface area (Å²) in [4.78, 5) is 13.9. The van der Waals surface area contributed by atoms with Gasteiger partial charge in [0.1, 0.15) is 0 Å². The number of hydrogen-bond donors (Lipinski definition) is 0. The fraction of sp³-hybridized carbons (Fsp3) is 0.462. The summed E-state index contributed by atoms with van der Waals surface area (Å²) < 4.78 is 0. The van der Waals surface area contributed by atoms with Gasteiger partial charge >= 0.3 is 0 Å². The van der Waals surface area contributed by atoms with Gasteiger partial charge in [-0.3, -0.25) is 4.79 Å². The van der Waals surface area contributed by atoms with Crippen molar-refractivity contribution in [1.29, 1.82) is 0 Å². The molecule has 2 aliphatic rings. The van der Waals surface area contributed by atoms with E-state index in [1.807, 2.05) is 6.07 Å². The van der Waals surface area contributed by atoms with Crippen LogP contribution in [-0.4, -0.2) is 16.8 Å². The first-order valence-electron chi connectivity index (χ1n) is 5.72. The maximum Gasteiger partial charge on any atom is 0.223 e. The summed E-state index contributed by atoms with van der Waals surface area (Å²) in [5.74, 6) is 0.353. The maximum absolute atomic E-state index is 11.8. The minimum Gasteiger partial charge on any atom is -0.333 e. The minimum atomic E-state index is 0.353. The summed E-state index contributed by atoms with van der Waals surface area (Å²) in [5, 5.41) is 0. The molecular weight excluding hydrogens is 186 g/mol. The van der Waals surface area contributed by atoms with Crippen molar-refractivity contribution in [3.05, 3.63) is 35.9 Å². The van der Waals surface area contributed by atoms with Gasteiger partial charge in [0, 0.05) is 12.5 Å². The topological polar surface area (TPSA) is 20.3 Å². The van der Waals surface area contributed by atoms with Crippen molar-refractivity contribution in [2.75, 3.05) is 0 Å². The highest BCUT2D eigenvalue weighted by Crippen LogP contribution is 2.41. The van der Waals surface area contributed by atoms with Gasteiger partial charge in [0.2, 0.25) is 5.91 Å². The molecule has 2 fully saturated rings. The Hall–Kier alpha value is -1.31. The first kappa shape index (κ1) is 8.96. The van der Waals surface area contributed by atoms with Crippen molar-refractivity contribution in [2.24, 2.45) is 0 Å². The number of fused-ring (bicyclic) bond motifs is 1. The van der Waals surface area contributed by atoms with Crippen molar-refractivity contribution in [3.8, 4) is 0 Å². The molecule has 78 valence electrons. The second-order valence-electron chi connectivity index (χ2n) is 4.50. The van der Waals surface area contributed by atoms with Crippen LogP contribution in [0.4, 0.5) is 0 Å². The lowest BCUT2D eigenvalue weighted by molar-refractivity contribution is -0.129. The van der Waals surface area contributed by atoms with Crippen LogP contribution in [0.25, 0.3) is 0 Å². The molecule has 2 atom stereocenters. The summed E-state index contributed by atoms with van der Waals surface area (Å²) in [6.07, 6.45) is 4.15. The molecule has 0 unspecified atom stereocenters. The first-order chi connectivity index (χ1) is 7.36. The molecule has 1 aromatic carbocycles. The standard InChI is InChI=1S/C13H15NO/c15-13-9-7-11-6-8-12(14(11)13)10-4-2-1-3-5-10/h1-5,11-12H,6-9H2/t11-,12-/m1/s1. The third kappa shape index (κ3) is 1.36. The maximum atomic E-state index is 11.8. The zero-order valence-corrected chi connectivity index (χ0v) is 8.73. The highest BCUT2D eigenvalue weighted by Gasteiger charge is 2.41. The first-order valence-corrected chi connectivity index (χ1v) is 5.72. The zero-order valence-electron chi connectivity index (χ0n) is 8.73. The Kier molecular flexibility index (Phi) is 2.01. The van der Waals surface area contributed by atoms with Crippen molar-refractivity contribution in [2.45, 2.75) is 37.8 Å². The van der Waals surface area contributed by atoms with Gasteiger partial charge in [0.05, 0.1) is 6.04 Å². The van der Waals surface area contributed by atoms with Crippen molar-refractivity contribution in [1.82, 2.24) is 4.90 Å². The van der Waals surface area contributed by atoms with E-state index in [1.165, 1.54) is 12.0 Å². The molecule has 0 radical (unpaired) electrons. The predicted octanol–water partition coefficient (Wildman–Crippen LogP) is 2.51. The number of hydrogen-bond acceptors (Lipinski definition) is 1. The summed E-state index contributed by atoms with van der Waals surface area (Å²) in [7, 11) is 0. The molecule has 0 bridgehead atoms. The van der Waals surface area contributed by atoms with Crippen LogP contribution in [0.1, 0.15) is 37.3 Å². The Morgan fingerprint density at radius 2 is 1.87 bits per heavy atom.